The summed E-state index contributed by atoms with van der Waals surface area (Å²) in [7, 11) is -0.296. The maximum Gasteiger partial charge on any atom is 0.114 e. The second-order valence-corrected chi connectivity index (χ2v) is 2.40. The first-order chi connectivity index (χ1) is 2.77. The molecule has 0 bridgehead atoms. The van der Waals surface area contributed by atoms with Crippen molar-refractivity contribution in [2.75, 3.05) is 0 Å². The van der Waals surface area contributed by atoms with Crippen LogP contribution in [0.15, 0.2) is 11.3 Å². The van der Waals surface area contributed by atoms with E-state index in [1.165, 1.54) is 5.57 Å². The Morgan fingerprint density at radius 1 is 1.67 bits per heavy atom. The van der Waals surface area contributed by atoms with Crippen LogP contribution in [0, 0.1) is 0 Å². The summed E-state index contributed by atoms with van der Waals surface area (Å²) in [5.41, 5.74) is 3.48. The molecule has 0 aliphatic carbocycles. The van der Waals surface area contributed by atoms with E-state index >= 15 is 0 Å². The average Bonchev–Trinajstić information content (AvgIpc) is 1.35. The van der Waals surface area contributed by atoms with Crippen molar-refractivity contribution in [3.05, 3.63) is 11.3 Å². The van der Waals surface area contributed by atoms with Crippen LogP contribution in [-0.2, 0) is 0 Å². The smallest absolute Gasteiger partial charge is 0.114 e. The van der Waals surface area contributed by atoms with Gasteiger partial charge in [0, 0.05) is 0 Å². The SMILES string of the molecule is CC(C)=C[SiH2]N. The highest BCUT2D eigenvalue weighted by Gasteiger charge is 1.68. The molecule has 6 heavy (non-hydrogen) atoms. The van der Waals surface area contributed by atoms with E-state index in [0.717, 1.165) is 0 Å². The summed E-state index contributed by atoms with van der Waals surface area (Å²) < 4.78 is 0. The number of allylic oxidation sites excluding steroid dienone is 1. The molecule has 36 valence electrons. The molecule has 0 spiro atoms. The van der Waals surface area contributed by atoms with Crippen LogP contribution in [0.2, 0.25) is 0 Å². The van der Waals surface area contributed by atoms with Gasteiger partial charge in [-0.3, -0.25) is 0 Å². The molecular weight excluding hydrogens is 90.1 g/mol. The lowest BCUT2D eigenvalue weighted by molar-refractivity contribution is 1.41. The average molecular weight is 101 g/mol. The number of nitrogens with two attached hydrogens (primary N) is 1. The Kier molecular flexibility index (Phi) is 3.08. The third kappa shape index (κ3) is 3.92. The molecule has 0 aliphatic rings. The second-order valence-electron chi connectivity index (χ2n) is 1.52. The molecular formula is C4H11NSi. The summed E-state index contributed by atoms with van der Waals surface area (Å²) in [6.45, 7) is 4.14. The van der Waals surface area contributed by atoms with E-state index in [0.29, 0.717) is 0 Å². The fraction of sp³-hybridized carbons (Fsp3) is 0.500. The first-order valence-electron chi connectivity index (χ1n) is 2.11. The van der Waals surface area contributed by atoms with Crippen molar-refractivity contribution >= 4 is 9.68 Å². The summed E-state index contributed by atoms with van der Waals surface area (Å²) in [6.07, 6.45) is 0. The molecule has 2 N–H and O–H groups in total. The van der Waals surface area contributed by atoms with Gasteiger partial charge in [0.15, 0.2) is 0 Å². The summed E-state index contributed by atoms with van der Waals surface area (Å²) in [5, 5.41) is 5.29. The van der Waals surface area contributed by atoms with Crippen LogP contribution in [0.25, 0.3) is 0 Å². The zero-order valence-corrected chi connectivity index (χ0v) is 5.78. The number of hydrogen-bond acceptors (Lipinski definition) is 1. The minimum atomic E-state index is -0.296. The van der Waals surface area contributed by atoms with Crippen LogP contribution in [0.4, 0.5) is 0 Å². The molecule has 2 heteroatoms. The monoisotopic (exact) mass is 101 g/mol. The highest BCUT2D eigenvalue weighted by molar-refractivity contribution is 6.38. The summed E-state index contributed by atoms with van der Waals surface area (Å²) in [5.74, 6) is 0. The van der Waals surface area contributed by atoms with Gasteiger partial charge in [-0.2, -0.15) is 0 Å². The maximum atomic E-state index is 5.29. The Balaban J connectivity index is 3.14. The first-order valence-corrected chi connectivity index (χ1v) is 3.74. The molecule has 0 unspecified atom stereocenters. The predicted molar refractivity (Wildman–Crippen MR) is 32.2 cm³/mol. The van der Waals surface area contributed by atoms with Gasteiger partial charge >= 0.3 is 0 Å². The molecule has 1 nitrogen and oxygen atoms in total. The molecule has 0 aromatic carbocycles. The Bertz CT molecular complexity index is 54.6. The van der Waals surface area contributed by atoms with Gasteiger partial charge < -0.3 is 5.40 Å². The van der Waals surface area contributed by atoms with Crippen LogP contribution in [0.3, 0.4) is 0 Å². The fourth-order valence-corrected chi connectivity index (χ4v) is 0.707. The van der Waals surface area contributed by atoms with Crippen molar-refractivity contribution in [2.45, 2.75) is 13.8 Å². The maximum absolute atomic E-state index is 5.29. The van der Waals surface area contributed by atoms with E-state index in [1.807, 2.05) is 0 Å². The van der Waals surface area contributed by atoms with E-state index in [4.69, 9.17) is 5.40 Å². The van der Waals surface area contributed by atoms with Gasteiger partial charge in [-0.1, -0.05) is 11.3 Å². The zero-order chi connectivity index (χ0) is 4.99. The Morgan fingerprint density at radius 3 is 2.17 bits per heavy atom. The Labute approximate surface area is 41.1 Å². The van der Waals surface area contributed by atoms with Gasteiger partial charge in [0.1, 0.15) is 9.68 Å². The standard InChI is InChI=1S/C4H11NSi/c1-4(2)3-6-5/h3H,5-6H2,1-2H3. The molecule has 0 radical (unpaired) electrons. The van der Waals surface area contributed by atoms with Gasteiger partial charge in [-0.05, 0) is 13.8 Å². The van der Waals surface area contributed by atoms with E-state index in [2.05, 4.69) is 19.5 Å². The van der Waals surface area contributed by atoms with E-state index < -0.39 is 0 Å². The molecule has 0 aromatic rings. The van der Waals surface area contributed by atoms with Crippen LogP contribution in [0.1, 0.15) is 13.8 Å². The Hall–Kier alpha value is -0.0831. The van der Waals surface area contributed by atoms with Gasteiger partial charge in [0.25, 0.3) is 0 Å². The molecule has 0 aliphatic heterocycles. The van der Waals surface area contributed by atoms with Crippen molar-refractivity contribution in [3.8, 4) is 0 Å². The number of rotatable bonds is 1. The molecule has 0 heterocycles. The molecule has 0 saturated carbocycles. The summed E-state index contributed by atoms with van der Waals surface area (Å²) >= 11 is 0. The largest absolute Gasteiger partial charge is 0.353 e. The van der Waals surface area contributed by atoms with Crippen molar-refractivity contribution in [1.29, 1.82) is 0 Å². The van der Waals surface area contributed by atoms with E-state index in [-0.39, 0.29) is 9.68 Å². The summed E-state index contributed by atoms with van der Waals surface area (Å²) in [4.78, 5) is 0. The normalized spacial score (nSPS) is 9.83. The molecule has 0 amide bonds. The second kappa shape index (κ2) is 3.12. The third-order valence-electron chi connectivity index (χ3n) is 0.526. The third-order valence-corrected chi connectivity index (χ3v) is 1.58. The van der Waals surface area contributed by atoms with E-state index in [9.17, 15) is 0 Å². The van der Waals surface area contributed by atoms with Crippen molar-refractivity contribution in [2.24, 2.45) is 5.40 Å². The lowest BCUT2D eigenvalue weighted by atomic mass is 10.4. The van der Waals surface area contributed by atoms with Crippen molar-refractivity contribution in [3.63, 3.8) is 0 Å². The number of hydrogen-bond donors (Lipinski definition) is 1. The van der Waals surface area contributed by atoms with E-state index in [1.54, 1.807) is 0 Å². The fourth-order valence-electron chi connectivity index (χ4n) is 0.236. The van der Waals surface area contributed by atoms with Gasteiger partial charge in [0.2, 0.25) is 0 Å². The van der Waals surface area contributed by atoms with Crippen LogP contribution in [0.5, 0.6) is 0 Å². The zero-order valence-electron chi connectivity index (χ0n) is 4.36. The van der Waals surface area contributed by atoms with Crippen LogP contribution < -0.4 is 5.40 Å². The summed E-state index contributed by atoms with van der Waals surface area (Å²) in [6, 6.07) is 0. The molecule has 0 rings (SSSR count). The lowest BCUT2D eigenvalue weighted by Gasteiger charge is -1.79. The molecule has 0 aromatic heterocycles. The molecule has 0 fully saturated rings. The quantitative estimate of drug-likeness (QED) is 0.461. The van der Waals surface area contributed by atoms with Crippen molar-refractivity contribution in [1.82, 2.24) is 0 Å². The topological polar surface area (TPSA) is 26.0 Å². The first kappa shape index (κ1) is 5.92. The van der Waals surface area contributed by atoms with Crippen LogP contribution >= 0.6 is 0 Å². The van der Waals surface area contributed by atoms with Crippen molar-refractivity contribution < 1.29 is 0 Å². The Morgan fingerprint density at radius 2 is 2.17 bits per heavy atom. The molecule has 0 saturated heterocycles. The lowest BCUT2D eigenvalue weighted by Crippen LogP contribution is -1.99. The highest BCUT2D eigenvalue weighted by Crippen LogP contribution is 1.81. The van der Waals surface area contributed by atoms with Gasteiger partial charge in [-0.15, -0.1) is 0 Å². The minimum absolute atomic E-state index is 0.296. The minimum Gasteiger partial charge on any atom is -0.353 e. The highest BCUT2D eigenvalue weighted by atomic mass is 28.2. The predicted octanol–water partition coefficient (Wildman–Crippen LogP) is -0.0474. The van der Waals surface area contributed by atoms with Crippen LogP contribution in [-0.4, -0.2) is 9.68 Å². The molecule has 0 atom stereocenters. The van der Waals surface area contributed by atoms with Gasteiger partial charge in [0.05, 0.1) is 0 Å². The van der Waals surface area contributed by atoms with Gasteiger partial charge in [-0.25, -0.2) is 0 Å².